The van der Waals surface area contributed by atoms with Crippen LogP contribution in [0.25, 0.3) is 0 Å². The van der Waals surface area contributed by atoms with E-state index in [-0.39, 0.29) is 10.1 Å². The van der Waals surface area contributed by atoms with Gasteiger partial charge in [0.25, 0.3) is 15.9 Å². The summed E-state index contributed by atoms with van der Waals surface area (Å²) >= 11 is 6.95. The molecule has 0 radical (unpaired) electrons. The maximum absolute atomic E-state index is 12.6. The first-order valence-corrected chi connectivity index (χ1v) is 11.9. The molecule has 1 aromatic rings. The molecule has 2 aliphatic rings. The monoisotopic (exact) mass is 420 g/mol. The smallest absolute Gasteiger partial charge is 0.275 e. The van der Waals surface area contributed by atoms with Gasteiger partial charge >= 0.3 is 0 Å². The number of piperazine rings is 1. The molecule has 2 fully saturated rings. The number of thiophene rings is 1. The lowest BCUT2D eigenvalue weighted by atomic mass is 9.86. The Hall–Kier alpha value is -0.670. The predicted molar refractivity (Wildman–Crippen MR) is 103 cm³/mol. The summed E-state index contributed by atoms with van der Waals surface area (Å²) in [5.41, 5.74) is 0. The number of rotatable bonds is 5. The lowest BCUT2D eigenvalue weighted by Crippen LogP contribution is -3.15. The zero-order valence-electron chi connectivity index (χ0n) is 15.0. The molecule has 0 aromatic carbocycles. The second-order valence-electron chi connectivity index (χ2n) is 7.33. The highest BCUT2D eigenvalue weighted by molar-refractivity contribution is 7.91. The van der Waals surface area contributed by atoms with Crippen LogP contribution in [0.5, 0.6) is 0 Å². The van der Waals surface area contributed by atoms with E-state index in [1.54, 1.807) is 12.1 Å². The number of nitrogens with one attached hydrogen (secondary N) is 2. The molecule has 1 saturated carbocycles. The van der Waals surface area contributed by atoms with Gasteiger partial charge in [-0.3, -0.25) is 4.79 Å². The van der Waals surface area contributed by atoms with E-state index in [0.29, 0.717) is 49.0 Å². The summed E-state index contributed by atoms with van der Waals surface area (Å²) in [6.45, 7) is 4.78. The molecule has 0 bridgehead atoms. The third-order valence-corrected chi connectivity index (χ3v) is 9.04. The van der Waals surface area contributed by atoms with Gasteiger partial charge in [0.2, 0.25) is 0 Å². The molecule has 146 valence electrons. The minimum atomic E-state index is -3.47. The van der Waals surface area contributed by atoms with Gasteiger partial charge < -0.3 is 10.2 Å². The summed E-state index contributed by atoms with van der Waals surface area (Å²) in [6.07, 6.45) is 4.69. The van der Waals surface area contributed by atoms with Gasteiger partial charge in [-0.05, 0) is 30.9 Å². The molecule has 1 amide bonds. The largest absolute Gasteiger partial charge is 0.348 e. The van der Waals surface area contributed by atoms with Crippen molar-refractivity contribution in [3.05, 3.63) is 16.5 Å². The maximum atomic E-state index is 12.6. The quantitative estimate of drug-likeness (QED) is 0.746. The van der Waals surface area contributed by atoms with E-state index in [1.165, 1.54) is 23.6 Å². The average molecular weight is 421 g/mol. The van der Waals surface area contributed by atoms with Crippen LogP contribution in [0.2, 0.25) is 4.34 Å². The summed E-state index contributed by atoms with van der Waals surface area (Å²) in [6, 6.07) is 3.46. The van der Waals surface area contributed by atoms with Crippen molar-refractivity contribution in [3.8, 4) is 0 Å². The summed E-state index contributed by atoms with van der Waals surface area (Å²) in [7, 11) is -3.47. The maximum Gasteiger partial charge on any atom is 0.275 e. The Morgan fingerprint density at radius 2 is 2.00 bits per heavy atom. The summed E-state index contributed by atoms with van der Waals surface area (Å²) in [5, 5.41) is 3.18. The van der Waals surface area contributed by atoms with Crippen LogP contribution < -0.4 is 10.2 Å². The van der Waals surface area contributed by atoms with Crippen LogP contribution in [0.1, 0.15) is 32.6 Å². The van der Waals surface area contributed by atoms with Gasteiger partial charge in [-0.1, -0.05) is 31.4 Å². The van der Waals surface area contributed by atoms with Crippen LogP contribution in [-0.2, 0) is 14.8 Å². The lowest BCUT2D eigenvalue weighted by Gasteiger charge is -2.32. The Bertz CT molecular complexity index is 729. The van der Waals surface area contributed by atoms with Gasteiger partial charge in [-0.25, -0.2) is 8.42 Å². The highest BCUT2D eigenvalue weighted by atomic mass is 35.5. The first-order valence-electron chi connectivity index (χ1n) is 9.24. The molecular weight excluding hydrogens is 394 g/mol. The second-order valence-corrected chi connectivity index (χ2v) is 11.2. The summed E-state index contributed by atoms with van der Waals surface area (Å²) in [4.78, 5) is 13.5. The number of carbonyl (C=O) groups is 1. The standard InChI is InChI=1S/C17H26ClN3O3S2/c1-13-4-2-3-5-14(13)19-16(22)12-20-8-10-21(11-9-20)26(23,24)17-7-6-15(18)25-17/h6-7,13-14H,2-5,8-12H2,1H3,(H,19,22)/p+1/t13-,14-/m1/s1. The Morgan fingerprint density at radius 1 is 1.31 bits per heavy atom. The number of quaternary nitrogens is 1. The molecule has 2 heterocycles. The molecule has 26 heavy (non-hydrogen) atoms. The average Bonchev–Trinajstić information content (AvgIpc) is 3.05. The number of amides is 1. The highest BCUT2D eigenvalue weighted by Gasteiger charge is 2.32. The first-order chi connectivity index (χ1) is 12.4. The SMILES string of the molecule is C[C@@H]1CCCC[C@H]1NC(=O)C[NH+]1CCN(S(=O)(=O)c2ccc(Cl)s2)CC1. The minimum absolute atomic E-state index is 0.0834. The zero-order valence-corrected chi connectivity index (χ0v) is 17.4. The molecular formula is C17H27ClN3O3S2+. The third kappa shape index (κ3) is 4.78. The number of carbonyl (C=O) groups excluding carboxylic acids is 1. The topological polar surface area (TPSA) is 70.9 Å². The summed E-state index contributed by atoms with van der Waals surface area (Å²) < 4.78 is 27.5. The lowest BCUT2D eigenvalue weighted by molar-refractivity contribution is -0.895. The molecule has 3 rings (SSSR count). The van der Waals surface area contributed by atoms with Crippen LogP contribution in [0.15, 0.2) is 16.3 Å². The van der Waals surface area contributed by atoms with Crippen LogP contribution >= 0.6 is 22.9 Å². The molecule has 1 aromatic heterocycles. The molecule has 1 saturated heterocycles. The number of halogens is 1. The van der Waals surface area contributed by atoms with E-state index in [9.17, 15) is 13.2 Å². The van der Waals surface area contributed by atoms with Crippen molar-refractivity contribution >= 4 is 38.9 Å². The Balaban J connectivity index is 1.48. The van der Waals surface area contributed by atoms with Gasteiger partial charge in [-0.2, -0.15) is 4.31 Å². The van der Waals surface area contributed by atoms with E-state index >= 15 is 0 Å². The molecule has 9 heteroatoms. The molecule has 2 atom stereocenters. The molecule has 6 nitrogen and oxygen atoms in total. The van der Waals surface area contributed by atoms with Crippen LogP contribution in [-0.4, -0.2) is 57.4 Å². The van der Waals surface area contributed by atoms with E-state index in [2.05, 4.69) is 12.2 Å². The van der Waals surface area contributed by atoms with Gasteiger partial charge in [-0.15, -0.1) is 11.3 Å². The number of hydrogen-bond acceptors (Lipinski definition) is 4. The van der Waals surface area contributed by atoms with Gasteiger partial charge in [0, 0.05) is 6.04 Å². The van der Waals surface area contributed by atoms with Gasteiger partial charge in [0.05, 0.1) is 30.5 Å². The van der Waals surface area contributed by atoms with Crippen molar-refractivity contribution in [1.29, 1.82) is 0 Å². The van der Waals surface area contributed by atoms with Crippen LogP contribution in [0.3, 0.4) is 0 Å². The van der Waals surface area contributed by atoms with Crippen molar-refractivity contribution in [1.82, 2.24) is 9.62 Å². The fraction of sp³-hybridized carbons (Fsp3) is 0.706. The molecule has 1 aliphatic carbocycles. The highest BCUT2D eigenvalue weighted by Crippen LogP contribution is 2.28. The number of nitrogens with zero attached hydrogens (tertiary/aromatic N) is 1. The van der Waals surface area contributed by atoms with Gasteiger partial charge in [0.1, 0.15) is 4.21 Å². The van der Waals surface area contributed by atoms with Gasteiger partial charge in [0.15, 0.2) is 6.54 Å². The van der Waals surface area contributed by atoms with E-state index in [0.717, 1.165) is 22.7 Å². The fourth-order valence-electron chi connectivity index (χ4n) is 3.80. The fourth-order valence-corrected chi connectivity index (χ4v) is 6.88. The Morgan fingerprint density at radius 3 is 2.62 bits per heavy atom. The summed E-state index contributed by atoms with van der Waals surface area (Å²) in [5.74, 6) is 0.627. The predicted octanol–water partition coefficient (Wildman–Crippen LogP) is 0.986. The normalized spacial score (nSPS) is 25.9. The van der Waals surface area contributed by atoms with E-state index < -0.39 is 10.0 Å². The van der Waals surface area contributed by atoms with E-state index in [4.69, 9.17) is 11.6 Å². The zero-order chi connectivity index (χ0) is 18.7. The molecule has 1 aliphatic heterocycles. The van der Waals surface area contributed by atoms with E-state index in [1.807, 2.05) is 0 Å². The first kappa shape index (κ1) is 20.1. The van der Waals surface area contributed by atoms with Crippen molar-refractivity contribution in [2.45, 2.75) is 42.9 Å². The molecule has 0 unspecified atom stereocenters. The molecule has 0 spiro atoms. The minimum Gasteiger partial charge on any atom is -0.348 e. The van der Waals surface area contributed by atoms with Crippen molar-refractivity contribution in [2.24, 2.45) is 5.92 Å². The van der Waals surface area contributed by atoms with Crippen molar-refractivity contribution in [2.75, 3.05) is 32.7 Å². The number of hydrogen-bond donors (Lipinski definition) is 2. The molecule has 2 N–H and O–H groups in total. The number of sulfonamides is 1. The second kappa shape index (κ2) is 8.56. The Labute approximate surface area is 164 Å². The third-order valence-electron chi connectivity index (χ3n) is 5.44. The van der Waals surface area contributed by atoms with Crippen LogP contribution in [0.4, 0.5) is 0 Å². The van der Waals surface area contributed by atoms with Crippen molar-refractivity contribution < 1.29 is 18.1 Å². The van der Waals surface area contributed by atoms with Crippen LogP contribution in [0, 0.1) is 5.92 Å². The van der Waals surface area contributed by atoms with Crippen molar-refractivity contribution in [3.63, 3.8) is 0 Å². The Kier molecular flexibility index (Phi) is 6.61.